The van der Waals surface area contributed by atoms with Gasteiger partial charge < -0.3 is 25.1 Å². The monoisotopic (exact) mass is 1260 g/mol. The maximum Gasteiger partial charge on any atom is 0.0945 e. The van der Waals surface area contributed by atoms with Crippen LogP contribution in [0.25, 0.3) is 0 Å². The van der Waals surface area contributed by atoms with Crippen molar-refractivity contribution in [3.8, 4) is 0 Å². The molecule has 0 amide bonds. The van der Waals surface area contributed by atoms with E-state index in [1.807, 2.05) is 25.0 Å². The molecule has 19 heteroatoms. The molecule has 2 aromatic heterocycles. The van der Waals surface area contributed by atoms with E-state index in [1.165, 1.54) is 279 Å². The van der Waals surface area contributed by atoms with Gasteiger partial charge >= 0.3 is 0 Å². The smallest absolute Gasteiger partial charge is 0.0945 e. The number of aryl methyl sites for hydroxylation is 2. The highest BCUT2D eigenvalue weighted by Gasteiger charge is 2.28. The third kappa shape index (κ3) is 35.0. The second kappa shape index (κ2) is 50.2. The molecule has 0 aliphatic carbocycles. The number of piperazine rings is 3. The SMILES string of the molecule is C1CN(CCN2CN(CCN3CCNCC3)CN(CCN3CCNCC3)C2)CCN1.CCCCCCCCN1CN(CCCCCCCC)CN(CC(CC)CCCC)C1.CCCCCCCCN1CN(CCCn2ccnc2)CN(CCCn2ccnc2)C1. The zero-order valence-corrected chi connectivity index (χ0v) is 59.4. The molecular weight excluding hydrogens is 1120 g/mol. The number of unbranched alkanes of at least 4 members (excludes halogenated alkanes) is 16. The van der Waals surface area contributed by atoms with Crippen molar-refractivity contribution < 1.29 is 0 Å². The molecule has 6 saturated heterocycles. The summed E-state index contributed by atoms with van der Waals surface area (Å²) in [5.41, 5.74) is 0. The standard InChI is InChI=1S/C27H57N3.C23H41N7.C21H45N9/c1-5-9-12-14-16-18-21-28-24-29(22-19-17-15-13-10-6-2)26-30(25-28)23-27(8-4)20-11-7-3;1-2-3-4-5-6-7-12-28-21-29(15-8-13-26-17-10-24-19-26)23-30(22-28)16-9-14-27-18-11-25-20-27;1-7-25(8-2-22-1)13-16-28-19-29(17-14-26-9-3-23-4-10-26)21-30(20-28)18-15-27-11-5-24-6-12-27/h27H,5-26H2,1-4H3;10-11,17-20H,2-9,12-16,21-23H2,1H3;22-24H,1-21H2. The van der Waals surface area contributed by atoms with Crippen molar-refractivity contribution in [3.63, 3.8) is 0 Å². The third-order valence-electron chi connectivity index (χ3n) is 19.9. The predicted octanol–water partition coefficient (Wildman–Crippen LogP) is 8.92. The van der Waals surface area contributed by atoms with Crippen LogP contribution in [0, 0.1) is 5.92 Å². The van der Waals surface area contributed by atoms with Gasteiger partial charge in [0, 0.05) is 195 Å². The number of imidazole rings is 2. The van der Waals surface area contributed by atoms with Crippen LogP contribution in [0.15, 0.2) is 37.4 Å². The summed E-state index contributed by atoms with van der Waals surface area (Å²) in [6.07, 6.45) is 44.6. The van der Waals surface area contributed by atoms with Crippen molar-refractivity contribution in [1.82, 2.24) is 93.9 Å². The Hall–Kier alpha value is -2.18. The zero-order valence-electron chi connectivity index (χ0n) is 59.4. The molecule has 0 saturated carbocycles. The molecule has 0 bridgehead atoms. The van der Waals surface area contributed by atoms with E-state index in [-0.39, 0.29) is 0 Å². The minimum absolute atomic E-state index is 0.884. The molecule has 0 radical (unpaired) electrons. The maximum atomic E-state index is 4.15. The summed E-state index contributed by atoms with van der Waals surface area (Å²) in [5.74, 6) is 0.884. The first-order chi connectivity index (χ1) is 44.4. The van der Waals surface area contributed by atoms with Gasteiger partial charge in [0.2, 0.25) is 0 Å². The Morgan fingerprint density at radius 1 is 0.289 bits per heavy atom. The van der Waals surface area contributed by atoms with Crippen molar-refractivity contribution in [2.24, 2.45) is 5.92 Å². The van der Waals surface area contributed by atoms with Crippen molar-refractivity contribution in [2.75, 3.05) is 217 Å². The molecule has 6 fully saturated rings. The van der Waals surface area contributed by atoms with E-state index in [2.05, 4.69) is 141 Å². The quantitative estimate of drug-likeness (QED) is 0.0549. The van der Waals surface area contributed by atoms with Crippen molar-refractivity contribution in [2.45, 2.75) is 202 Å². The summed E-state index contributed by atoms with van der Waals surface area (Å²) >= 11 is 0. The van der Waals surface area contributed by atoms with Gasteiger partial charge in [-0.3, -0.25) is 58.8 Å². The summed E-state index contributed by atoms with van der Waals surface area (Å²) < 4.78 is 4.36. The van der Waals surface area contributed by atoms with Gasteiger partial charge in [0.15, 0.2) is 0 Å². The molecule has 2 aromatic rings. The minimum atomic E-state index is 0.884. The Bertz CT molecular complexity index is 1730. The lowest BCUT2D eigenvalue weighted by Crippen LogP contribution is -2.59. The van der Waals surface area contributed by atoms with Crippen LogP contribution in [-0.2, 0) is 13.1 Å². The Labute approximate surface area is 553 Å². The first-order valence-corrected chi connectivity index (χ1v) is 38.1. The Morgan fingerprint density at radius 2 is 0.567 bits per heavy atom. The predicted molar refractivity (Wildman–Crippen MR) is 379 cm³/mol. The molecule has 1 unspecified atom stereocenters. The highest BCUT2D eigenvalue weighted by Crippen LogP contribution is 2.20. The molecule has 19 nitrogen and oxygen atoms in total. The summed E-state index contributed by atoms with van der Waals surface area (Å²) in [7, 11) is 0. The normalized spacial score (nSPS) is 20.5. The van der Waals surface area contributed by atoms with Crippen LogP contribution in [-0.4, -0.2) is 295 Å². The Morgan fingerprint density at radius 3 is 0.867 bits per heavy atom. The number of rotatable bonds is 44. The van der Waals surface area contributed by atoms with Crippen LogP contribution in [0.2, 0.25) is 0 Å². The van der Waals surface area contributed by atoms with E-state index < -0.39 is 0 Å². The maximum absolute atomic E-state index is 4.15. The molecule has 0 spiro atoms. The van der Waals surface area contributed by atoms with Gasteiger partial charge in [-0.2, -0.15) is 0 Å². The summed E-state index contributed by atoms with van der Waals surface area (Å²) in [4.78, 5) is 40.4. The largest absolute Gasteiger partial charge is 0.337 e. The lowest BCUT2D eigenvalue weighted by atomic mass is 9.99. The van der Waals surface area contributed by atoms with Gasteiger partial charge in [-0.15, -0.1) is 0 Å². The zero-order chi connectivity index (χ0) is 63.2. The van der Waals surface area contributed by atoms with Gasteiger partial charge in [0.1, 0.15) is 0 Å². The molecule has 1 atom stereocenters. The molecule has 8 heterocycles. The van der Waals surface area contributed by atoms with Crippen LogP contribution in [0.5, 0.6) is 0 Å². The van der Waals surface area contributed by atoms with Crippen LogP contribution in [0.4, 0.5) is 0 Å². The van der Waals surface area contributed by atoms with Gasteiger partial charge in [0.05, 0.1) is 72.7 Å². The van der Waals surface area contributed by atoms with Crippen molar-refractivity contribution in [1.29, 1.82) is 0 Å². The summed E-state index contributed by atoms with van der Waals surface area (Å²) in [5, 5.41) is 10.4. The van der Waals surface area contributed by atoms with E-state index in [4.69, 9.17) is 0 Å². The molecule has 90 heavy (non-hydrogen) atoms. The van der Waals surface area contributed by atoms with Gasteiger partial charge in [0.25, 0.3) is 0 Å². The Kier molecular flexibility index (Phi) is 42.9. The topological polar surface area (TPSA) is 111 Å². The molecular formula is C71H143N19. The van der Waals surface area contributed by atoms with Crippen LogP contribution >= 0.6 is 0 Å². The second-order valence-corrected chi connectivity index (χ2v) is 28.1. The van der Waals surface area contributed by atoms with E-state index in [9.17, 15) is 0 Å². The van der Waals surface area contributed by atoms with E-state index in [0.29, 0.717) is 0 Å². The number of nitrogens with one attached hydrogen (secondary N) is 3. The number of hydrogen-bond acceptors (Lipinski definition) is 17. The molecule has 3 N–H and O–H groups in total. The number of nitrogens with zero attached hydrogens (tertiary/aromatic N) is 16. The average Bonchev–Trinajstić information content (AvgIpc) is 2.57. The third-order valence-corrected chi connectivity index (χ3v) is 19.9. The fourth-order valence-electron chi connectivity index (χ4n) is 14.3. The van der Waals surface area contributed by atoms with Crippen LogP contribution < -0.4 is 16.0 Å². The van der Waals surface area contributed by atoms with Crippen LogP contribution in [0.3, 0.4) is 0 Å². The minimum Gasteiger partial charge on any atom is -0.337 e. The Balaban J connectivity index is 0.000000215. The molecule has 6 aliphatic heterocycles. The fraction of sp³-hybridized carbons (Fsp3) is 0.915. The summed E-state index contributed by atoms with van der Waals surface area (Å²) in [6.45, 7) is 52.7. The van der Waals surface area contributed by atoms with Gasteiger partial charge in [-0.1, -0.05) is 150 Å². The first-order valence-electron chi connectivity index (χ1n) is 38.1. The van der Waals surface area contributed by atoms with Crippen molar-refractivity contribution >= 4 is 0 Å². The highest BCUT2D eigenvalue weighted by molar-refractivity contribution is 4.80. The average molecular weight is 1260 g/mol. The second-order valence-electron chi connectivity index (χ2n) is 28.1. The lowest BCUT2D eigenvalue weighted by molar-refractivity contribution is -0.0392. The van der Waals surface area contributed by atoms with Gasteiger partial charge in [-0.05, 0) is 44.4 Å². The van der Waals surface area contributed by atoms with E-state index >= 15 is 0 Å². The highest BCUT2D eigenvalue weighted by atomic mass is 15.5. The molecule has 0 aromatic carbocycles. The van der Waals surface area contributed by atoms with Gasteiger partial charge in [-0.25, -0.2) is 9.97 Å². The van der Waals surface area contributed by atoms with Crippen molar-refractivity contribution in [3.05, 3.63) is 37.4 Å². The number of hydrogen-bond donors (Lipinski definition) is 3. The molecule has 6 aliphatic rings. The molecule has 522 valence electrons. The van der Waals surface area contributed by atoms with E-state index in [1.54, 1.807) is 0 Å². The van der Waals surface area contributed by atoms with Crippen LogP contribution in [0.1, 0.15) is 189 Å². The first kappa shape index (κ1) is 76.8. The summed E-state index contributed by atoms with van der Waals surface area (Å²) in [6, 6.07) is 0. The van der Waals surface area contributed by atoms with E-state index in [0.717, 1.165) is 111 Å². The lowest BCUT2D eigenvalue weighted by Gasteiger charge is -2.44. The molecule has 8 rings (SSSR count). The number of aromatic nitrogens is 4. The fourth-order valence-corrected chi connectivity index (χ4v) is 14.3.